The van der Waals surface area contributed by atoms with Crippen LogP contribution in [-0.2, 0) is 4.57 Å². The van der Waals surface area contributed by atoms with Crippen LogP contribution in [0.1, 0.15) is 0 Å². The van der Waals surface area contributed by atoms with E-state index in [4.69, 9.17) is 4.98 Å². The first-order valence-corrected chi connectivity index (χ1v) is 16.2. The number of fused-ring (bicyclic) bond motifs is 11. The van der Waals surface area contributed by atoms with Crippen LogP contribution in [0.3, 0.4) is 0 Å². The molecule has 0 spiro atoms. The van der Waals surface area contributed by atoms with E-state index in [0.29, 0.717) is 0 Å². The Morgan fingerprint density at radius 3 is 1.88 bits per heavy atom. The van der Waals surface area contributed by atoms with Gasteiger partial charge in [0.05, 0.1) is 16.6 Å². The van der Waals surface area contributed by atoms with Gasteiger partial charge in [-0.05, 0) is 57.3 Å². The van der Waals surface area contributed by atoms with E-state index >= 15 is 4.57 Å². The number of aromatic nitrogens is 2. The number of pyridine rings is 1. The first-order valence-electron chi connectivity index (χ1n) is 14.5. The third-order valence-corrected chi connectivity index (χ3v) is 11.9. The lowest BCUT2D eigenvalue weighted by atomic mass is 10.0. The molecule has 0 saturated heterocycles. The van der Waals surface area contributed by atoms with Gasteiger partial charge in [0.1, 0.15) is 5.65 Å². The van der Waals surface area contributed by atoms with Gasteiger partial charge in [0.25, 0.3) is 0 Å². The topological polar surface area (TPSA) is 34.4 Å². The average molecular weight is 569 g/mol. The second-order valence-electron chi connectivity index (χ2n) is 11.1. The van der Waals surface area contributed by atoms with Crippen LogP contribution < -0.4 is 15.9 Å². The molecule has 0 amide bonds. The van der Waals surface area contributed by atoms with Crippen molar-refractivity contribution in [2.45, 2.75) is 0 Å². The SMILES string of the molecule is O=P(c1ccccc1)(c1ccc2ccc3ccccc3c2c1)c1ccc2c3ccccc3n3c4ccccc4nc3c2c1. The van der Waals surface area contributed by atoms with E-state index in [9.17, 15) is 0 Å². The third kappa shape index (κ3) is 3.49. The molecule has 1 atom stereocenters. The van der Waals surface area contributed by atoms with Crippen LogP contribution in [-0.4, -0.2) is 9.38 Å². The van der Waals surface area contributed by atoms with E-state index in [1.54, 1.807) is 0 Å². The number of rotatable bonds is 3. The molecular weight excluding hydrogens is 543 g/mol. The summed E-state index contributed by atoms with van der Waals surface area (Å²) >= 11 is 0. The summed E-state index contributed by atoms with van der Waals surface area (Å²) in [6.07, 6.45) is 0. The van der Waals surface area contributed by atoms with E-state index in [2.05, 4.69) is 120 Å². The van der Waals surface area contributed by atoms with Gasteiger partial charge in [-0.25, -0.2) is 4.98 Å². The summed E-state index contributed by atoms with van der Waals surface area (Å²) in [6.45, 7) is 0. The molecule has 202 valence electrons. The molecule has 0 N–H and O–H groups in total. The van der Waals surface area contributed by atoms with Crippen molar-refractivity contribution >= 4 is 83.0 Å². The van der Waals surface area contributed by atoms with Gasteiger partial charge in [-0.2, -0.15) is 0 Å². The van der Waals surface area contributed by atoms with E-state index in [0.717, 1.165) is 70.4 Å². The molecule has 3 nitrogen and oxygen atoms in total. The Hall–Kier alpha value is -5.24. The molecule has 0 aliphatic carbocycles. The van der Waals surface area contributed by atoms with Crippen LogP contribution in [0.4, 0.5) is 0 Å². The summed E-state index contributed by atoms with van der Waals surface area (Å²) in [5.41, 5.74) is 3.99. The molecule has 0 aliphatic heterocycles. The molecule has 0 saturated carbocycles. The van der Waals surface area contributed by atoms with Crippen LogP contribution >= 0.6 is 7.14 Å². The standard InChI is InChI=1S/C39H25N2OP/c42-43(28-11-2-1-3-12-28,29-21-20-27-19-18-26-10-4-5-13-31(26)34(27)24-29)30-22-23-32-33-14-6-8-16-37(33)41-38-17-9-7-15-36(38)40-39(41)35(32)25-30/h1-25H. The van der Waals surface area contributed by atoms with Gasteiger partial charge in [-0.15, -0.1) is 0 Å². The summed E-state index contributed by atoms with van der Waals surface area (Å²) in [6, 6.07) is 52.0. The van der Waals surface area contributed by atoms with Crippen molar-refractivity contribution < 1.29 is 4.57 Å². The van der Waals surface area contributed by atoms with Crippen LogP contribution in [0.5, 0.6) is 0 Å². The first-order chi connectivity index (χ1) is 21.2. The van der Waals surface area contributed by atoms with Crippen molar-refractivity contribution in [2.75, 3.05) is 0 Å². The normalized spacial score (nSPS) is 13.4. The van der Waals surface area contributed by atoms with E-state index < -0.39 is 7.14 Å². The molecule has 43 heavy (non-hydrogen) atoms. The Balaban J connectivity index is 1.39. The maximum absolute atomic E-state index is 15.8. The molecule has 2 heterocycles. The summed E-state index contributed by atoms with van der Waals surface area (Å²) in [5, 5.41) is 10.3. The van der Waals surface area contributed by atoms with Crippen molar-refractivity contribution in [3.63, 3.8) is 0 Å². The smallest absolute Gasteiger partial charge is 0.171 e. The summed E-state index contributed by atoms with van der Waals surface area (Å²) in [5.74, 6) is 0. The molecule has 2 aromatic heterocycles. The minimum absolute atomic E-state index is 0.801. The first kappa shape index (κ1) is 24.4. The molecule has 7 aromatic carbocycles. The van der Waals surface area contributed by atoms with Crippen LogP contribution in [0.2, 0.25) is 0 Å². The van der Waals surface area contributed by atoms with Gasteiger partial charge in [0.2, 0.25) is 0 Å². The lowest BCUT2D eigenvalue weighted by Crippen LogP contribution is -2.25. The number of nitrogens with zero attached hydrogens (tertiary/aromatic N) is 2. The van der Waals surface area contributed by atoms with E-state index in [-0.39, 0.29) is 0 Å². The third-order valence-electron chi connectivity index (χ3n) is 8.82. The fourth-order valence-electron chi connectivity index (χ4n) is 6.77. The lowest BCUT2D eigenvalue weighted by molar-refractivity contribution is 0.592. The molecule has 0 fully saturated rings. The van der Waals surface area contributed by atoms with Crippen molar-refractivity contribution in [3.8, 4) is 0 Å². The van der Waals surface area contributed by atoms with Crippen molar-refractivity contribution in [2.24, 2.45) is 0 Å². The highest BCUT2D eigenvalue weighted by molar-refractivity contribution is 7.85. The summed E-state index contributed by atoms with van der Waals surface area (Å²) < 4.78 is 18.0. The molecule has 0 aliphatic rings. The van der Waals surface area contributed by atoms with Crippen molar-refractivity contribution in [1.82, 2.24) is 9.38 Å². The van der Waals surface area contributed by atoms with Gasteiger partial charge < -0.3 is 4.57 Å². The van der Waals surface area contributed by atoms with Gasteiger partial charge in [-0.1, -0.05) is 121 Å². The highest BCUT2D eigenvalue weighted by Gasteiger charge is 2.31. The Morgan fingerprint density at radius 1 is 0.442 bits per heavy atom. The predicted molar refractivity (Wildman–Crippen MR) is 182 cm³/mol. The lowest BCUT2D eigenvalue weighted by Gasteiger charge is -2.21. The second-order valence-corrected chi connectivity index (χ2v) is 13.9. The van der Waals surface area contributed by atoms with Crippen molar-refractivity contribution in [1.29, 1.82) is 0 Å². The quantitative estimate of drug-likeness (QED) is 0.158. The molecule has 0 bridgehead atoms. The second kappa shape index (κ2) is 9.13. The fourth-order valence-corrected chi connectivity index (χ4v) is 9.44. The zero-order chi connectivity index (χ0) is 28.5. The number of benzene rings is 7. The van der Waals surface area contributed by atoms with E-state index in [1.165, 1.54) is 5.39 Å². The molecule has 0 radical (unpaired) electrons. The minimum Gasteiger partial charge on any atom is -0.309 e. The Morgan fingerprint density at radius 2 is 1.05 bits per heavy atom. The fraction of sp³-hybridized carbons (Fsp3) is 0. The maximum Gasteiger partial charge on any atom is 0.171 e. The molecule has 1 unspecified atom stereocenters. The summed E-state index contributed by atoms with van der Waals surface area (Å²) in [7, 11) is -3.27. The van der Waals surface area contributed by atoms with Crippen molar-refractivity contribution in [3.05, 3.63) is 152 Å². The van der Waals surface area contributed by atoms with Crippen LogP contribution in [0, 0.1) is 0 Å². The molecule has 9 rings (SSSR count). The highest BCUT2D eigenvalue weighted by Crippen LogP contribution is 2.45. The average Bonchev–Trinajstić information content (AvgIpc) is 3.48. The highest BCUT2D eigenvalue weighted by atomic mass is 31.2. The van der Waals surface area contributed by atoms with E-state index in [1.807, 2.05) is 36.4 Å². The van der Waals surface area contributed by atoms with Gasteiger partial charge in [-0.3, -0.25) is 4.40 Å². The number of hydrogen-bond acceptors (Lipinski definition) is 2. The molecular formula is C39H25N2OP. The number of hydrogen-bond donors (Lipinski definition) is 0. The Labute approximate surface area is 248 Å². The minimum atomic E-state index is -3.27. The van der Waals surface area contributed by atoms with Gasteiger partial charge in [0.15, 0.2) is 7.14 Å². The van der Waals surface area contributed by atoms with Crippen LogP contribution in [0.15, 0.2) is 152 Å². The Bertz CT molecular complexity index is 2600. The maximum atomic E-state index is 15.8. The monoisotopic (exact) mass is 568 g/mol. The number of para-hydroxylation sites is 3. The zero-order valence-electron chi connectivity index (χ0n) is 23.2. The predicted octanol–water partition coefficient (Wildman–Crippen LogP) is 8.74. The summed E-state index contributed by atoms with van der Waals surface area (Å²) in [4.78, 5) is 5.11. The largest absolute Gasteiger partial charge is 0.309 e. The van der Waals surface area contributed by atoms with Gasteiger partial charge in [0, 0.05) is 26.7 Å². The van der Waals surface area contributed by atoms with Crippen LogP contribution in [0.25, 0.3) is 59.9 Å². The van der Waals surface area contributed by atoms with Gasteiger partial charge >= 0.3 is 0 Å². The zero-order valence-corrected chi connectivity index (χ0v) is 24.1. The number of imidazole rings is 1. The molecule has 9 aromatic rings. The Kier molecular flexibility index (Phi) is 5.17. The molecule has 4 heteroatoms.